The van der Waals surface area contributed by atoms with E-state index in [1.807, 2.05) is 30.3 Å². The molecule has 8 heteroatoms. The van der Waals surface area contributed by atoms with E-state index in [9.17, 15) is 19.8 Å². The number of aromatic hydroxyl groups is 1. The second kappa shape index (κ2) is 9.06. The summed E-state index contributed by atoms with van der Waals surface area (Å²) in [5, 5.41) is 21.4. The van der Waals surface area contributed by atoms with Crippen molar-refractivity contribution in [2.45, 2.75) is 12.6 Å². The van der Waals surface area contributed by atoms with E-state index in [2.05, 4.69) is 0 Å². The van der Waals surface area contributed by atoms with Crippen LogP contribution in [0.1, 0.15) is 22.7 Å². The van der Waals surface area contributed by atoms with Crippen molar-refractivity contribution in [3.8, 4) is 23.0 Å². The van der Waals surface area contributed by atoms with Gasteiger partial charge in [-0.15, -0.1) is 0 Å². The van der Waals surface area contributed by atoms with E-state index in [-0.39, 0.29) is 29.4 Å². The Labute approximate surface area is 201 Å². The van der Waals surface area contributed by atoms with Gasteiger partial charge in [-0.25, -0.2) is 0 Å². The summed E-state index contributed by atoms with van der Waals surface area (Å²) in [5.41, 5.74) is 1.59. The molecule has 0 aliphatic carbocycles. The SMILES string of the molecule is COc1cc([C@@H]2C(=C(O)c3ccc4c(c3)OCCO4)C(=O)C(=O)N2Cc2ccccc2)ccc1O. The van der Waals surface area contributed by atoms with Crippen molar-refractivity contribution >= 4 is 17.4 Å². The molecule has 2 N–H and O–H groups in total. The van der Waals surface area contributed by atoms with E-state index in [1.54, 1.807) is 30.3 Å². The highest BCUT2D eigenvalue weighted by molar-refractivity contribution is 6.46. The Balaban J connectivity index is 1.65. The van der Waals surface area contributed by atoms with Crippen LogP contribution in [0.5, 0.6) is 23.0 Å². The molecule has 2 aliphatic rings. The molecular weight excluding hydrogens is 450 g/mol. The number of Topliss-reactive ketones (excluding diaryl/α,β-unsaturated/α-hetero) is 1. The van der Waals surface area contributed by atoms with Gasteiger partial charge >= 0.3 is 0 Å². The molecule has 0 aromatic heterocycles. The number of nitrogens with zero attached hydrogens (tertiary/aromatic N) is 1. The normalized spacial score (nSPS) is 18.5. The van der Waals surface area contributed by atoms with E-state index in [0.29, 0.717) is 35.8 Å². The highest BCUT2D eigenvalue weighted by atomic mass is 16.6. The lowest BCUT2D eigenvalue weighted by Gasteiger charge is -2.26. The van der Waals surface area contributed by atoms with Crippen LogP contribution in [-0.2, 0) is 16.1 Å². The third kappa shape index (κ3) is 4.03. The van der Waals surface area contributed by atoms with Gasteiger partial charge in [-0.1, -0.05) is 36.4 Å². The van der Waals surface area contributed by atoms with Gasteiger partial charge < -0.3 is 29.3 Å². The first-order valence-electron chi connectivity index (χ1n) is 11.1. The second-order valence-corrected chi connectivity index (χ2v) is 8.20. The van der Waals surface area contributed by atoms with Crippen molar-refractivity contribution in [1.29, 1.82) is 0 Å². The number of ether oxygens (including phenoxy) is 3. The number of phenolic OH excluding ortho intramolecular Hbond substituents is 1. The number of hydrogen-bond donors (Lipinski definition) is 2. The molecule has 178 valence electrons. The molecule has 3 aromatic carbocycles. The maximum atomic E-state index is 13.3. The van der Waals surface area contributed by atoms with Gasteiger partial charge in [0.05, 0.1) is 18.7 Å². The number of aliphatic hydroxyl groups is 1. The minimum atomic E-state index is -0.905. The average Bonchev–Trinajstić information content (AvgIpc) is 3.14. The van der Waals surface area contributed by atoms with Crippen LogP contribution in [0, 0.1) is 0 Å². The summed E-state index contributed by atoms with van der Waals surface area (Å²) >= 11 is 0. The second-order valence-electron chi connectivity index (χ2n) is 8.20. The molecule has 1 atom stereocenters. The summed E-state index contributed by atoms with van der Waals surface area (Å²) in [5.74, 6) is -0.766. The Morgan fingerprint density at radius 2 is 1.74 bits per heavy atom. The number of phenols is 1. The van der Waals surface area contributed by atoms with Crippen LogP contribution in [0.4, 0.5) is 0 Å². The van der Waals surface area contributed by atoms with Gasteiger partial charge in [0.2, 0.25) is 0 Å². The van der Waals surface area contributed by atoms with E-state index in [4.69, 9.17) is 14.2 Å². The van der Waals surface area contributed by atoms with Gasteiger partial charge in [0.25, 0.3) is 11.7 Å². The molecule has 0 radical (unpaired) electrons. The molecule has 3 aromatic rings. The molecule has 0 saturated carbocycles. The number of methoxy groups -OCH3 is 1. The Bertz CT molecular complexity index is 1330. The number of benzene rings is 3. The van der Waals surface area contributed by atoms with Crippen LogP contribution >= 0.6 is 0 Å². The van der Waals surface area contributed by atoms with Crippen LogP contribution in [0.15, 0.2) is 72.3 Å². The Morgan fingerprint density at radius 3 is 2.49 bits per heavy atom. The molecule has 1 amide bonds. The third-order valence-electron chi connectivity index (χ3n) is 6.07. The molecule has 1 saturated heterocycles. The summed E-state index contributed by atoms with van der Waals surface area (Å²) < 4.78 is 16.4. The van der Waals surface area contributed by atoms with Crippen molar-refractivity contribution in [3.05, 3.63) is 89.0 Å². The minimum Gasteiger partial charge on any atom is -0.507 e. The Kier molecular flexibility index (Phi) is 5.78. The molecular formula is C27H23NO7. The molecule has 35 heavy (non-hydrogen) atoms. The molecule has 8 nitrogen and oxygen atoms in total. The van der Waals surface area contributed by atoms with Crippen LogP contribution in [0.2, 0.25) is 0 Å². The number of amides is 1. The molecule has 0 bridgehead atoms. The van der Waals surface area contributed by atoms with E-state index in [0.717, 1.165) is 5.56 Å². The molecule has 2 heterocycles. The van der Waals surface area contributed by atoms with E-state index < -0.39 is 17.7 Å². The van der Waals surface area contributed by atoms with Crippen molar-refractivity contribution < 1.29 is 34.0 Å². The van der Waals surface area contributed by atoms with Gasteiger partial charge in [0.1, 0.15) is 19.0 Å². The lowest BCUT2D eigenvalue weighted by atomic mass is 9.94. The largest absolute Gasteiger partial charge is 0.507 e. The monoisotopic (exact) mass is 473 g/mol. The number of ketones is 1. The predicted octanol–water partition coefficient (Wildman–Crippen LogP) is 3.79. The van der Waals surface area contributed by atoms with Crippen molar-refractivity contribution in [2.24, 2.45) is 0 Å². The molecule has 2 aliphatic heterocycles. The maximum Gasteiger partial charge on any atom is 0.295 e. The summed E-state index contributed by atoms with van der Waals surface area (Å²) in [6.45, 7) is 0.939. The van der Waals surface area contributed by atoms with E-state index >= 15 is 0 Å². The van der Waals surface area contributed by atoms with Crippen LogP contribution < -0.4 is 14.2 Å². The number of hydrogen-bond acceptors (Lipinski definition) is 7. The number of aliphatic hydroxyl groups excluding tert-OH is 1. The van der Waals surface area contributed by atoms with Crippen molar-refractivity contribution in [2.75, 3.05) is 20.3 Å². The topological polar surface area (TPSA) is 106 Å². The lowest BCUT2D eigenvalue weighted by Crippen LogP contribution is -2.29. The molecule has 1 fully saturated rings. The predicted molar refractivity (Wildman–Crippen MR) is 126 cm³/mol. The number of carbonyl (C=O) groups excluding carboxylic acids is 2. The highest BCUT2D eigenvalue weighted by Gasteiger charge is 2.46. The fraction of sp³-hybridized carbons (Fsp3) is 0.185. The number of rotatable bonds is 5. The standard InChI is InChI=1S/C27H23NO7/c1-33-21-13-17(7-9-19(21)29)24-23(25(30)18-8-10-20-22(14-18)35-12-11-34-20)26(31)27(32)28(24)15-16-5-3-2-4-6-16/h2-10,13-14,24,29-30H,11-12,15H2,1H3/t24-/m1/s1. The third-order valence-corrected chi connectivity index (χ3v) is 6.07. The first-order chi connectivity index (χ1) is 17.0. The zero-order chi connectivity index (χ0) is 24.5. The Morgan fingerprint density at radius 1 is 1.00 bits per heavy atom. The zero-order valence-electron chi connectivity index (χ0n) is 18.9. The first-order valence-corrected chi connectivity index (χ1v) is 11.1. The van der Waals surface area contributed by atoms with Gasteiger partial charge in [-0.2, -0.15) is 0 Å². The fourth-order valence-corrected chi connectivity index (χ4v) is 4.38. The summed E-state index contributed by atoms with van der Waals surface area (Å²) in [6.07, 6.45) is 0. The molecule has 0 spiro atoms. The lowest BCUT2D eigenvalue weighted by molar-refractivity contribution is -0.140. The zero-order valence-corrected chi connectivity index (χ0v) is 18.9. The molecule has 0 unspecified atom stereocenters. The van der Waals surface area contributed by atoms with Crippen LogP contribution in [0.25, 0.3) is 5.76 Å². The van der Waals surface area contributed by atoms with Crippen LogP contribution in [-0.4, -0.2) is 47.1 Å². The van der Waals surface area contributed by atoms with Gasteiger partial charge in [-0.3, -0.25) is 9.59 Å². The van der Waals surface area contributed by atoms with Crippen molar-refractivity contribution in [1.82, 2.24) is 4.90 Å². The van der Waals surface area contributed by atoms with Gasteiger partial charge in [0, 0.05) is 12.1 Å². The smallest absolute Gasteiger partial charge is 0.295 e. The fourth-order valence-electron chi connectivity index (χ4n) is 4.38. The van der Waals surface area contributed by atoms with Gasteiger partial charge in [-0.05, 0) is 41.5 Å². The van der Waals surface area contributed by atoms with E-state index in [1.165, 1.54) is 18.1 Å². The summed E-state index contributed by atoms with van der Waals surface area (Å²) in [7, 11) is 1.41. The van der Waals surface area contributed by atoms with Crippen molar-refractivity contribution in [3.63, 3.8) is 0 Å². The quantitative estimate of drug-likeness (QED) is 0.330. The molecule has 5 rings (SSSR count). The highest BCUT2D eigenvalue weighted by Crippen LogP contribution is 2.43. The first kappa shape index (κ1) is 22.3. The Hall–Kier alpha value is -4.46. The average molecular weight is 473 g/mol. The minimum absolute atomic E-state index is 0.0599. The summed E-state index contributed by atoms with van der Waals surface area (Å²) in [4.78, 5) is 27.9. The number of fused-ring (bicyclic) bond motifs is 1. The van der Waals surface area contributed by atoms with Crippen LogP contribution in [0.3, 0.4) is 0 Å². The number of likely N-dealkylation sites (tertiary alicyclic amines) is 1. The summed E-state index contributed by atoms with van der Waals surface area (Å²) in [6, 6.07) is 17.8. The van der Waals surface area contributed by atoms with Gasteiger partial charge in [0.15, 0.2) is 23.0 Å². The number of carbonyl (C=O) groups is 2. The maximum absolute atomic E-state index is 13.3.